The minimum Gasteiger partial charge on any atom is -0.496 e. The van der Waals surface area contributed by atoms with Gasteiger partial charge in [-0.3, -0.25) is 9.78 Å². The Morgan fingerprint density at radius 1 is 1.17 bits per heavy atom. The van der Waals surface area contributed by atoms with Crippen LogP contribution in [0.5, 0.6) is 5.75 Å². The highest BCUT2D eigenvalue weighted by Crippen LogP contribution is 2.23. The average molecular weight is 250 g/mol. The molecule has 7 heteroatoms. The molecule has 2 N–H and O–H groups in total. The molecule has 2 aromatic rings. The molecule has 94 valence electrons. The first-order valence-electron chi connectivity index (χ1n) is 4.99. The second-order valence-electron chi connectivity index (χ2n) is 3.50. The second-order valence-corrected chi connectivity index (χ2v) is 3.50. The van der Waals surface area contributed by atoms with Gasteiger partial charge in [0.05, 0.1) is 25.1 Å². The van der Waals surface area contributed by atoms with Crippen molar-refractivity contribution < 1.29 is 14.3 Å². The molecule has 0 aliphatic rings. The standard InChI is InChI=1S/C11H10N2O5/c1-17-8-4-5-7(3-6(8)10(15)18-2)12-11(16)13-9(5)14/h3-4H,1-2H3,(H2,12,13,14,16). The topological polar surface area (TPSA) is 101 Å². The summed E-state index contributed by atoms with van der Waals surface area (Å²) in [5.41, 5.74) is -0.823. The van der Waals surface area contributed by atoms with Crippen molar-refractivity contribution in [2.24, 2.45) is 0 Å². The van der Waals surface area contributed by atoms with Gasteiger partial charge in [-0.1, -0.05) is 0 Å². The van der Waals surface area contributed by atoms with Crippen molar-refractivity contribution in [3.05, 3.63) is 38.5 Å². The van der Waals surface area contributed by atoms with Crippen LogP contribution in [-0.2, 0) is 4.74 Å². The number of hydrogen-bond acceptors (Lipinski definition) is 5. The second kappa shape index (κ2) is 4.36. The number of carbonyl (C=O) groups is 1. The van der Waals surface area contributed by atoms with E-state index >= 15 is 0 Å². The molecule has 7 nitrogen and oxygen atoms in total. The van der Waals surface area contributed by atoms with E-state index in [1.807, 2.05) is 0 Å². The summed E-state index contributed by atoms with van der Waals surface area (Å²) < 4.78 is 9.61. The predicted molar refractivity (Wildman–Crippen MR) is 63.1 cm³/mol. The molecule has 0 bridgehead atoms. The monoisotopic (exact) mass is 250 g/mol. The Hall–Kier alpha value is -2.57. The van der Waals surface area contributed by atoms with Crippen molar-refractivity contribution in [2.75, 3.05) is 14.2 Å². The van der Waals surface area contributed by atoms with Crippen LogP contribution >= 0.6 is 0 Å². The van der Waals surface area contributed by atoms with Crippen molar-refractivity contribution in [3.63, 3.8) is 0 Å². The number of fused-ring (bicyclic) bond motifs is 1. The highest BCUT2D eigenvalue weighted by Gasteiger charge is 2.15. The van der Waals surface area contributed by atoms with E-state index in [2.05, 4.69) is 14.7 Å². The predicted octanol–water partition coefficient (Wildman–Crippen LogP) is 0.0116. The zero-order chi connectivity index (χ0) is 13.3. The van der Waals surface area contributed by atoms with Gasteiger partial charge in [-0.15, -0.1) is 0 Å². The molecule has 0 saturated carbocycles. The molecular formula is C11H10N2O5. The van der Waals surface area contributed by atoms with Gasteiger partial charge in [0.15, 0.2) is 0 Å². The Morgan fingerprint density at radius 2 is 1.89 bits per heavy atom. The molecule has 0 saturated heterocycles. The molecule has 0 amide bonds. The van der Waals surface area contributed by atoms with E-state index in [4.69, 9.17) is 4.74 Å². The molecule has 0 unspecified atom stereocenters. The fourth-order valence-corrected chi connectivity index (χ4v) is 1.63. The van der Waals surface area contributed by atoms with Crippen LogP contribution in [0.3, 0.4) is 0 Å². The molecule has 0 aliphatic carbocycles. The maximum Gasteiger partial charge on any atom is 0.341 e. The highest BCUT2D eigenvalue weighted by molar-refractivity contribution is 5.97. The lowest BCUT2D eigenvalue weighted by molar-refractivity contribution is 0.0597. The Labute approximate surface area is 100 Å². The molecule has 1 heterocycles. The van der Waals surface area contributed by atoms with Crippen LogP contribution in [0.4, 0.5) is 0 Å². The number of carbonyl (C=O) groups excluding carboxylic acids is 1. The molecular weight excluding hydrogens is 240 g/mol. The molecule has 1 aromatic heterocycles. The van der Waals surface area contributed by atoms with Crippen molar-refractivity contribution in [1.29, 1.82) is 0 Å². The number of methoxy groups -OCH3 is 2. The summed E-state index contributed by atoms with van der Waals surface area (Å²) in [6, 6.07) is 2.72. The summed E-state index contributed by atoms with van der Waals surface area (Å²) in [4.78, 5) is 38.8. The van der Waals surface area contributed by atoms with E-state index in [1.54, 1.807) is 0 Å². The molecule has 0 atom stereocenters. The molecule has 0 aliphatic heterocycles. The molecule has 2 rings (SSSR count). The van der Waals surface area contributed by atoms with Crippen LogP contribution in [0, 0.1) is 0 Å². The summed E-state index contributed by atoms with van der Waals surface area (Å²) in [5, 5.41) is 0.221. The van der Waals surface area contributed by atoms with Gasteiger partial charge in [0.2, 0.25) is 0 Å². The van der Waals surface area contributed by atoms with E-state index < -0.39 is 17.2 Å². The van der Waals surface area contributed by atoms with Crippen molar-refractivity contribution >= 4 is 16.9 Å². The normalized spacial score (nSPS) is 10.3. The minimum atomic E-state index is -0.645. The quantitative estimate of drug-likeness (QED) is 0.731. The molecule has 18 heavy (non-hydrogen) atoms. The Bertz CT molecular complexity index is 728. The number of aromatic amines is 2. The number of aromatic nitrogens is 2. The van der Waals surface area contributed by atoms with Crippen molar-refractivity contribution in [2.45, 2.75) is 0 Å². The fourth-order valence-electron chi connectivity index (χ4n) is 1.63. The van der Waals surface area contributed by atoms with E-state index in [1.165, 1.54) is 26.4 Å². The fraction of sp³-hybridized carbons (Fsp3) is 0.182. The van der Waals surface area contributed by atoms with Gasteiger partial charge < -0.3 is 14.5 Å². The van der Waals surface area contributed by atoms with Gasteiger partial charge in [0.25, 0.3) is 5.56 Å². The largest absolute Gasteiger partial charge is 0.496 e. The van der Waals surface area contributed by atoms with Crippen LogP contribution < -0.4 is 16.0 Å². The number of H-pyrrole nitrogens is 2. The molecule has 0 radical (unpaired) electrons. The van der Waals surface area contributed by atoms with Gasteiger partial charge in [0, 0.05) is 0 Å². The van der Waals surface area contributed by atoms with Crippen LogP contribution in [-0.4, -0.2) is 30.2 Å². The first-order valence-corrected chi connectivity index (χ1v) is 4.99. The first-order chi connectivity index (χ1) is 8.56. The van der Waals surface area contributed by atoms with E-state index in [9.17, 15) is 14.4 Å². The summed E-state index contributed by atoms with van der Waals surface area (Å²) >= 11 is 0. The van der Waals surface area contributed by atoms with Crippen molar-refractivity contribution in [3.8, 4) is 5.75 Å². The number of esters is 1. The molecule has 0 fully saturated rings. The van der Waals surface area contributed by atoms with Crippen LogP contribution in [0.2, 0.25) is 0 Å². The number of nitrogens with one attached hydrogen (secondary N) is 2. The molecule has 1 aromatic carbocycles. The lowest BCUT2D eigenvalue weighted by Gasteiger charge is -2.07. The average Bonchev–Trinajstić information content (AvgIpc) is 2.36. The summed E-state index contributed by atoms with van der Waals surface area (Å²) in [7, 11) is 2.60. The Kier molecular flexibility index (Phi) is 2.88. The van der Waals surface area contributed by atoms with Crippen LogP contribution in [0.25, 0.3) is 10.9 Å². The molecule has 0 spiro atoms. The smallest absolute Gasteiger partial charge is 0.341 e. The third kappa shape index (κ3) is 1.86. The highest BCUT2D eigenvalue weighted by atomic mass is 16.5. The van der Waals surface area contributed by atoms with Gasteiger partial charge in [-0.05, 0) is 12.1 Å². The van der Waals surface area contributed by atoms with Gasteiger partial charge >= 0.3 is 11.7 Å². The van der Waals surface area contributed by atoms with E-state index in [0.29, 0.717) is 0 Å². The first kappa shape index (κ1) is 11.9. The third-order valence-electron chi connectivity index (χ3n) is 2.46. The third-order valence-corrected chi connectivity index (χ3v) is 2.46. The SMILES string of the molecule is COC(=O)c1cc2[nH]c(=O)[nH]c(=O)c2cc1OC. The minimum absolute atomic E-state index is 0.133. The zero-order valence-corrected chi connectivity index (χ0v) is 9.70. The van der Waals surface area contributed by atoms with Crippen molar-refractivity contribution in [1.82, 2.24) is 9.97 Å². The number of rotatable bonds is 2. The summed E-state index contributed by atoms with van der Waals surface area (Å²) in [6.07, 6.45) is 0. The maximum atomic E-state index is 11.6. The number of ether oxygens (including phenoxy) is 2. The number of hydrogen-bond donors (Lipinski definition) is 2. The lowest BCUT2D eigenvalue weighted by Crippen LogP contribution is -2.22. The Morgan fingerprint density at radius 3 is 2.50 bits per heavy atom. The summed E-state index contributed by atoms with van der Waals surface area (Å²) in [5.74, 6) is -0.415. The van der Waals surface area contributed by atoms with Crippen LogP contribution in [0.1, 0.15) is 10.4 Å². The Balaban J connectivity index is 2.85. The maximum absolute atomic E-state index is 11.6. The van der Waals surface area contributed by atoms with Gasteiger partial charge in [0.1, 0.15) is 11.3 Å². The van der Waals surface area contributed by atoms with E-state index in [-0.39, 0.29) is 22.2 Å². The zero-order valence-electron chi connectivity index (χ0n) is 9.70. The van der Waals surface area contributed by atoms with Gasteiger partial charge in [-0.2, -0.15) is 0 Å². The summed E-state index contributed by atoms with van der Waals surface area (Å²) in [6.45, 7) is 0. The lowest BCUT2D eigenvalue weighted by atomic mass is 10.1. The van der Waals surface area contributed by atoms with Gasteiger partial charge in [-0.25, -0.2) is 9.59 Å². The number of benzene rings is 1. The van der Waals surface area contributed by atoms with E-state index in [0.717, 1.165) is 0 Å². The van der Waals surface area contributed by atoms with Crippen LogP contribution in [0.15, 0.2) is 21.7 Å².